The van der Waals surface area contributed by atoms with Crippen LogP contribution in [0.4, 0.5) is 17.1 Å². The van der Waals surface area contributed by atoms with Crippen LogP contribution in [0, 0.1) is 0 Å². The van der Waals surface area contributed by atoms with Gasteiger partial charge in [-0.15, -0.1) is 0 Å². The van der Waals surface area contributed by atoms with Crippen LogP contribution < -0.4 is 4.90 Å². The lowest BCUT2D eigenvalue weighted by Crippen LogP contribution is -2.17. The van der Waals surface area contributed by atoms with Crippen molar-refractivity contribution in [2.24, 2.45) is 0 Å². The highest BCUT2D eigenvalue weighted by atomic mass is 16.3. The third-order valence-corrected chi connectivity index (χ3v) is 10.3. The SMILES string of the molecule is CC(C)(C)c1cc(C(C)(C)C)c2oc3cccc(N(c4ccc5c(c4)C(C)(C)c4ccccc4-5)c4cccc5ccccc45)c3c2c1. The van der Waals surface area contributed by atoms with Gasteiger partial charge in [-0.1, -0.05) is 134 Å². The quantitative estimate of drug-likeness (QED) is 0.197. The maximum absolute atomic E-state index is 6.85. The van der Waals surface area contributed by atoms with Crippen LogP contribution in [-0.4, -0.2) is 0 Å². The lowest BCUT2D eigenvalue weighted by molar-refractivity contribution is 0.559. The number of anilines is 3. The topological polar surface area (TPSA) is 16.4 Å². The largest absolute Gasteiger partial charge is 0.456 e. The average molecular weight is 614 g/mol. The number of hydrogen-bond acceptors (Lipinski definition) is 2. The zero-order chi connectivity index (χ0) is 32.9. The number of nitrogens with zero attached hydrogens (tertiary/aromatic N) is 1. The smallest absolute Gasteiger partial charge is 0.139 e. The van der Waals surface area contributed by atoms with Crippen LogP contribution in [0.15, 0.2) is 120 Å². The Balaban J connectivity index is 1.47. The molecule has 0 bridgehead atoms. The lowest BCUT2D eigenvalue weighted by atomic mass is 9.79. The molecule has 0 fully saturated rings. The highest BCUT2D eigenvalue weighted by Gasteiger charge is 2.36. The molecule has 2 heteroatoms. The minimum absolute atomic E-state index is 0.0113. The maximum Gasteiger partial charge on any atom is 0.139 e. The number of furan rings is 1. The second-order valence-electron chi connectivity index (χ2n) is 15.9. The fraction of sp³-hybridized carbons (Fsp3) is 0.244. The first-order valence-electron chi connectivity index (χ1n) is 16.9. The van der Waals surface area contributed by atoms with E-state index in [4.69, 9.17) is 4.42 Å². The summed E-state index contributed by atoms with van der Waals surface area (Å²) in [7, 11) is 0. The molecular weight excluding hydrogens is 571 g/mol. The van der Waals surface area contributed by atoms with E-state index in [1.54, 1.807) is 0 Å². The van der Waals surface area contributed by atoms with E-state index in [2.05, 4.69) is 176 Å². The normalized spacial score (nSPS) is 14.1. The molecule has 1 aliphatic carbocycles. The van der Waals surface area contributed by atoms with Crippen LogP contribution in [0.25, 0.3) is 43.8 Å². The fourth-order valence-corrected chi connectivity index (χ4v) is 7.73. The molecule has 0 atom stereocenters. The Labute approximate surface area is 278 Å². The van der Waals surface area contributed by atoms with Gasteiger partial charge in [-0.25, -0.2) is 0 Å². The summed E-state index contributed by atoms with van der Waals surface area (Å²) >= 11 is 0. The number of rotatable bonds is 3. The van der Waals surface area contributed by atoms with Crippen molar-refractivity contribution in [3.05, 3.63) is 138 Å². The molecule has 0 saturated carbocycles. The highest BCUT2D eigenvalue weighted by Crippen LogP contribution is 2.52. The zero-order valence-corrected chi connectivity index (χ0v) is 28.8. The van der Waals surface area contributed by atoms with Gasteiger partial charge in [0.15, 0.2) is 0 Å². The standard InChI is InChI=1S/C45H43NO/c1-43(2,3)29-25-34-41-39(21-14-22-40(41)47-42(34)37(26-29)44(4,5)6)46(38-20-13-16-28-15-9-10-17-31(28)38)30-23-24-33-32-18-11-12-19-35(32)45(7,8)36(33)27-30/h9-27H,1-8H3. The molecule has 234 valence electrons. The maximum atomic E-state index is 6.85. The molecule has 1 heterocycles. The van der Waals surface area contributed by atoms with Gasteiger partial charge in [-0.05, 0) is 80.4 Å². The summed E-state index contributed by atoms with van der Waals surface area (Å²) in [6, 6.07) is 42.6. The molecule has 0 saturated heterocycles. The number of fused-ring (bicyclic) bond motifs is 7. The summed E-state index contributed by atoms with van der Waals surface area (Å²) in [5.74, 6) is 0. The summed E-state index contributed by atoms with van der Waals surface area (Å²) in [4.78, 5) is 2.47. The first-order valence-corrected chi connectivity index (χ1v) is 16.9. The highest BCUT2D eigenvalue weighted by molar-refractivity contribution is 6.15. The van der Waals surface area contributed by atoms with Crippen molar-refractivity contribution in [1.29, 1.82) is 0 Å². The molecule has 0 radical (unpaired) electrons. The Kier molecular flexibility index (Phi) is 6.35. The molecule has 47 heavy (non-hydrogen) atoms. The molecule has 8 rings (SSSR count). The van der Waals surface area contributed by atoms with Crippen molar-refractivity contribution in [3.63, 3.8) is 0 Å². The van der Waals surface area contributed by atoms with E-state index >= 15 is 0 Å². The summed E-state index contributed by atoms with van der Waals surface area (Å²) in [5.41, 5.74) is 13.1. The summed E-state index contributed by atoms with van der Waals surface area (Å²) < 4.78 is 6.85. The van der Waals surface area contributed by atoms with E-state index in [-0.39, 0.29) is 16.2 Å². The molecule has 0 aliphatic heterocycles. The van der Waals surface area contributed by atoms with E-state index in [1.807, 2.05) is 0 Å². The van der Waals surface area contributed by atoms with E-state index in [9.17, 15) is 0 Å². The van der Waals surface area contributed by atoms with E-state index in [0.29, 0.717) is 0 Å². The van der Waals surface area contributed by atoms with Crippen molar-refractivity contribution in [3.8, 4) is 11.1 Å². The predicted molar refractivity (Wildman–Crippen MR) is 201 cm³/mol. The number of hydrogen-bond donors (Lipinski definition) is 0. The molecule has 7 aromatic rings. The van der Waals surface area contributed by atoms with Gasteiger partial charge in [0.1, 0.15) is 11.2 Å². The molecule has 0 N–H and O–H groups in total. The van der Waals surface area contributed by atoms with Crippen molar-refractivity contribution < 1.29 is 4.42 Å². The van der Waals surface area contributed by atoms with Crippen LogP contribution in [-0.2, 0) is 16.2 Å². The molecular formula is C45H43NO. The number of benzene rings is 6. The van der Waals surface area contributed by atoms with Gasteiger partial charge in [-0.2, -0.15) is 0 Å². The summed E-state index contributed by atoms with van der Waals surface area (Å²) in [6.07, 6.45) is 0. The van der Waals surface area contributed by atoms with Crippen LogP contribution in [0.1, 0.15) is 77.6 Å². The third-order valence-electron chi connectivity index (χ3n) is 10.3. The van der Waals surface area contributed by atoms with Gasteiger partial charge in [0.25, 0.3) is 0 Å². The second-order valence-corrected chi connectivity index (χ2v) is 15.9. The molecule has 6 aromatic carbocycles. The van der Waals surface area contributed by atoms with E-state index < -0.39 is 0 Å². The lowest BCUT2D eigenvalue weighted by Gasteiger charge is -2.29. The van der Waals surface area contributed by atoms with Gasteiger partial charge in [0, 0.05) is 27.4 Å². The zero-order valence-electron chi connectivity index (χ0n) is 28.8. The molecule has 2 nitrogen and oxygen atoms in total. The molecule has 1 aliphatic rings. The summed E-state index contributed by atoms with van der Waals surface area (Å²) in [5, 5.41) is 4.76. The Morgan fingerprint density at radius 2 is 1.26 bits per heavy atom. The monoisotopic (exact) mass is 613 g/mol. The Morgan fingerprint density at radius 1 is 0.574 bits per heavy atom. The first-order chi connectivity index (χ1) is 22.3. The Hall–Kier alpha value is -4.82. The van der Waals surface area contributed by atoms with Crippen molar-refractivity contribution in [2.75, 3.05) is 4.90 Å². The summed E-state index contributed by atoms with van der Waals surface area (Å²) in [6.45, 7) is 18.5. The first kappa shape index (κ1) is 29.6. The van der Waals surface area contributed by atoms with Crippen LogP contribution in [0.2, 0.25) is 0 Å². The van der Waals surface area contributed by atoms with Crippen LogP contribution >= 0.6 is 0 Å². The fourth-order valence-electron chi connectivity index (χ4n) is 7.73. The second kappa shape index (κ2) is 10.1. The molecule has 0 unspecified atom stereocenters. The van der Waals surface area contributed by atoms with Gasteiger partial charge in [0.2, 0.25) is 0 Å². The minimum Gasteiger partial charge on any atom is -0.456 e. The molecule has 1 aromatic heterocycles. The predicted octanol–water partition coefficient (Wildman–Crippen LogP) is 13.1. The van der Waals surface area contributed by atoms with Crippen molar-refractivity contribution >= 4 is 49.8 Å². The van der Waals surface area contributed by atoms with Gasteiger partial charge < -0.3 is 9.32 Å². The van der Waals surface area contributed by atoms with Crippen LogP contribution in [0.3, 0.4) is 0 Å². The van der Waals surface area contributed by atoms with Crippen molar-refractivity contribution in [1.82, 2.24) is 0 Å². The Morgan fingerprint density at radius 3 is 2.04 bits per heavy atom. The average Bonchev–Trinajstić information content (AvgIpc) is 3.53. The van der Waals surface area contributed by atoms with Crippen LogP contribution in [0.5, 0.6) is 0 Å². The minimum atomic E-state index is -0.107. The third kappa shape index (κ3) is 4.53. The van der Waals surface area contributed by atoms with E-state index in [1.165, 1.54) is 49.5 Å². The van der Waals surface area contributed by atoms with Gasteiger partial charge in [0.05, 0.1) is 16.8 Å². The Bertz CT molecular complexity index is 2350. The van der Waals surface area contributed by atoms with Gasteiger partial charge >= 0.3 is 0 Å². The van der Waals surface area contributed by atoms with E-state index in [0.717, 1.165) is 33.6 Å². The van der Waals surface area contributed by atoms with Crippen molar-refractivity contribution in [2.45, 2.75) is 71.6 Å². The molecule has 0 spiro atoms. The van der Waals surface area contributed by atoms with Gasteiger partial charge in [-0.3, -0.25) is 0 Å². The molecule has 0 amide bonds.